The maximum Gasteiger partial charge on any atom is 0.176 e. The van der Waals surface area contributed by atoms with Gasteiger partial charge in [0, 0.05) is 25.7 Å². The zero-order valence-corrected chi connectivity index (χ0v) is 14.8. The van der Waals surface area contributed by atoms with Crippen LogP contribution < -0.4 is 5.32 Å². The second-order valence-electron chi connectivity index (χ2n) is 6.73. The van der Waals surface area contributed by atoms with Gasteiger partial charge in [-0.2, -0.15) is 5.26 Å². The van der Waals surface area contributed by atoms with Gasteiger partial charge < -0.3 is 5.32 Å². The van der Waals surface area contributed by atoms with E-state index in [1.807, 2.05) is 37.3 Å². The molecule has 132 valence electrons. The highest BCUT2D eigenvalue weighted by Gasteiger charge is 2.19. The first-order valence-corrected chi connectivity index (χ1v) is 8.88. The van der Waals surface area contributed by atoms with Crippen LogP contribution in [0.1, 0.15) is 29.8 Å². The number of nitriles is 1. The Morgan fingerprint density at radius 3 is 2.85 bits per heavy atom. The number of nitrogens with one attached hydrogen (secondary N) is 1. The molecule has 3 aromatic rings. The first kappa shape index (κ1) is 16.5. The van der Waals surface area contributed by atoms with Crippen molar-refractivity contribution in [3.8, 4) is 6.07 Å². The van der Waals surface area contributed by atoms with Gasteiger partial charge in [-0.25, -0.2) is 4.98 Å². The maximum absolute atomic E-state index is 9.02. The summed E-state index contributed by atoms with van der Waals surface area (Å²) in [5.41, 5.74) is 2.69. The lowest BCUT2D eigenvalue weighted by Gasteiger charge is -2.32. The average molecular weight is 347 g/mol. The van der Waals surface area contributed by atoms with Crippen LogP contribution >= 0.6 is 0 Å². The number of hydrogen-bond acceptors (Lipinski definition) is 6. The van der Waals surface area contributed by atoms with E-state index in [1.165, 1.54) is 5.56 Å². The lowest BCUT2D eigenvalue weighted by molar-refractivity contribution is 0.211. The molecule has 0 saturated carbocycles. The molecule has 26 heavy (non-hydrogen) atoms. The molecule has 3 heterocycles. The number of fused-ring (bicyclic) bond motifs is 1. The molecule has 0 amide bonds. The van der Waals surface area contributed by atoms with Crippen LogP contribution in [0, 0.1) is 18.3 Å². The summed E-state index contributed by atoms with van der Waals surface area (Å²) < 4.78 is 1.58. The Labute approximate surface area is 152 Å². The van der Waals surface area contributed by atoms with Crippen LogP contribution in [0.15, 0.2) is 36.4 Å². The molecular weight excluding hydrogens is 326 g/mol. The van der Waals surface area contributed by atoms with E-state index in [9.17, 15) is 0 Å². The number of aryl methyl sites for hydroxylation is 1. The molecule has 7 heteroatoms. The van der Waals surface area contributed by atoms with Crippen LogP contribution in [0.5, 0.6) is 0 Å². The summed E-state index contributed by atoms with van der Waals surface area (Å²) in [4.78, 5) is 6.73. The number of likely N-dealkylation sites (tertiary alicyclic amines) is 1. The van der Waals surface area contributed by atoms with Gasteiger partial charge in [0.05, 0.1) is 11.6 Å². The summed E-state index contributed by atoms with van der Waals surface area (Å²) in [6, 6.07) is 14.4. The SMILES string of the molecule is Cc1nc2ccc(NC3CCN(Cc4cccc(C#N)c4)CC3)nn2n1. The summed E-state index contributed by atoms with van der Waals surface area (Å²) >= 11 is 0. The zero-order chi connectivity index (χ0) is 17.9. The Kier molecular flexibility index (Phi) is 4.50. The van der Waals surface area contributed by atoms with Crippen molar-refractivity contribution in [1.82, 2.24) is 24.7 Å². The van der Waals surface area contributed by atoms with E-state index in [2.05, 4.69) is 37.5 Å². The highest BCUT2D eigenvalue weighted by atomic mass is 15.5. The van der Waals surface area contributed by atoms with E-state index in [0.29, 0.717) is 6.04 Å². The van der Waals surface area contributed by atoms with Crippen LogP contribution in [0.4, 0.5) is 5.82 Å². The predicted octanol–water partition coefficient (Wildman–Crippen LogP) is 2.38. The molecule has 0 radical (unpaired) electrons. The highest BCUT2D eigenvalue weighted by molar-refractivity contribution is 5.44. The fourth-order valence-electron chi connectivity index (χ4n) is 3.41. The minimum absolute atomic E-state index is 0.409. The first-order chi connectivity index (χ1) is 12.7. The van der Waals surface area contributed by atoms with Crippen molar-refractivity contribution in [1.29, 1.82) is 5.26 Å². The number of anilines is 1. The number of aromatic nitrogens is 4. The molecule has 0 unspecified atom stereocenters. The number of piperidine rings is 1. The monoisotopic (exact) mass is 347 g/mol. The van der Waals surface area contributed by atoms with Crippen LogP contribution in [0.25, 0.3) is 5.65 Å². The molecule has 1 aliphatic heterocycles. The molecule has 4 rings (SSSR count). The molecule has 0 spiro atoms. The third-order valence-electron chi connectivity index (χ3n) is 4.72. The Bertz CT molecular complexity index is 948. The average Bonchev–Trinajstić information content (AvgIpc) is 3.03. The van der Waals surface area contributed by atoms with E-state index in [0.717, 1.165) is 55.3 Å². The van der Waals surface area contributed by atoms with Gasteiger partial charge in [0.2, 0.25) is 0 Å². The number of nitrogens with zero attached hydrogens (tertiary/aromatic N) is 6. The summed E-state index contributed by atoms with van der Waals surface area (Å²) in [5, 5.41) is 21.3. The van der Waals surface area contributed by atoms with Crippen molar-refractivity contribution >= 4 is 11.5 Å². The molecule has 1 aliphatic rings. The van der Waals surface area contributed by atoms with Crippen molar-refractivity contribution in [2.24, 2.45) is 0 Å². The summed E-state index contributed by atoms with van der Waals surface area (Å²) in [6.07, 6.45) is 2.13. The van der Waals surface area contributed by atoms with Gasteiger partial charge in [0.1, 0.15) is 11.6 Å². The Balaban J connectivity index is 1.33. The normalized spacial score (nSPS) is 15.8. The quantitative estimate of drug-likeness (QED) is 0.780. The number of benzene rings is 1. The molecule has 2 aromatic heterocycles. The standard InChI is InChI=1S/C19H21N7/c1-14-21-19-6-5-18(24-26(19)23-14)22-17-7-9-25(10-8-17)13-16-4-2-3-15(11-16)12-20/h2-6,11,17H,7-10,13H2,1H3,(H,22,24). The zero-order valence-electron chi connectivity index (χ0n) is 14.8. The minimum atomic E-state index is 0.409. The van der Waals surface area contributed by atoms with Crippen LogP contribution in [0.3, 0.4) is 0 Å². The van der Waals surface area contributed by atoms with Gasteiger partial charge in [-0.05, 0) is 49.6 Å². The van der Waals surface area contributed by atoms with E-state index in [1.54, 1.807) is 4.63 Å². The van der Waals surface area contributed by atoms with Crippen molar-refractivity contribution in [3.63, 3.8) is 0 Å². The molecule has 1 N–H and O–H groups in total. The Hall–Kier alpha value is -2.98. The topological polar surface area (TPSA) is 82.1 Å². The maximum atomic E-state index is 9.02. The van der Waals surface area contributed by atoms with Gasteiger partial charge in [0.25, 0.3) is 0 Å². The molecular formula is C19H21N7. The Morgan fingerprint density at radius 2 is 2.04 bits per heavy atom. The third kappa shape index (κ3) is 3.65. The van der Waals surface area contributed by atoms with E-state index >= 15 is 0 Å². The highest BCUT2D eigenvalue weighted by Crippen LogP contribution is 2.18. The second-order valence-corrected chi connectivity index (χ2v) is 6.73. The van der Waals surface area contributed by atoms with Crippen molar-refractivity contribution < 1.29 is 0 Å². The molecule has 1 aromatic carbocycles. The van der Waals surface area contributed by atoms with Crippen LogP contribution in [-0.4, -0.2) is 43.8 Å². The van der Waals surface area contributed by atoms with E-state index in [4.69, 9.17) is 5.26 Å². The van der Waals surface area contributed by atoms with Crippen molar-refractivity contribution in [3.05, 3.63) is 53.3 Å². The molecule has 0 atom stereocenters. The van der Waals surface area contributed by atoms with Crippen molar-refractivity contribution in [2.45, 2.75) is 32.4 Å². The summed E-state index contributed by atoms with van der Waals surface area (Å²) in [6.45, 7) is 4.81. The van der Waals surface area contributed by atoms with E-state index in [-0.39, 0.29) is 0 Å². The first-order valence-electron chi connectivity index (χ1n) is 8.88. The van der Waals surface area contributed by atoms with Crippen LogP contribution in [0.2, 0.25) is 0 Å². The van der Waals surface area contributed by atoms with Gasteiger partial charge in [-0.15, -0.1) is 14.8 Å². The summed E-state index contributed by atoms with van der Waals surface area (Å²) in [5.74, 6) is 1.56. The summed E-state index contributed by atoms with van der Waals surface area (Å²) in [7, 11) is 0. The third-order valence-corrected chi connectivity index (χ3v) is 4.72. The van der Waals surface area contributed by atoms with Gasteiger partial charge in [-0.3, -0.25) is 4.90 Å². The fraction of sp³-hybridized carbons (Fsp3) is 0.368. The molecule has 1 saturated heterocycles. The molecule has 0 bridgehead atoms. The largest absolute Gasteiger partial charge is 0.366 e. The van der Waals surface area contributed by atoms with Gasteiger partial charge >= 0.3 is 0 Å². The predicted molar refractivity (Wildman–Crippen MR) is 98.6 cm³/mol. The smallest absolute Gasteiger partial charge is 0.176 e. The van der Waals surface area contributed by atoms with Crippen molar-refractivity contribution in [2.75, 3.05) is 18.4 Å². The lowest BCUT2D eigenvalue weighted by Crippen LogP contribution is -2.38. The fourth-order valence-corrected chi connectivity index (χ4v) is 3.41. The molecule has 1 fully saturated rings. The molecule has 7 nitrogen and oxygen atoms in total. The van der Waals surface area contributed by atoms with Gasteiger partial charge in [-0.1, -0.05) is 12.1 Å². The van der Waals surface area contributed by atoms with Crippen LogP contribution in [-0.2, 0) is 6.54 Å². The van der Waals surface area contributed by atoms with E-state index < -0.39 is 0 Å². The lowest BCUT2D eigenvalue weighted by atomic mass is 10.0. The number of hydrogen-bond donors (Lipinski definition) is 1. The van der Waals surface area contributed by atoms with Gasteiger partial charge in [0.15, 0.2) is 5.65 Å². The second kappa shape index (κ2) is 7.10. The Morgan fingerprint density at radius 1 is 1.19 bits per heavy atom. The number of rotatable bonds is 4. The molecule has 0 aliphatic carbocycles. The minimum Gasteiger partial charge on any atom is -0.366 e.